The molecule has 0 saturated heterocycles. The molecule has 0 amide bonds. The van der Waals surface area contributed by atoms with Crippen molar-refractivity contribution in [3.63, 3.8) is 0 Å². The summed E-state index contributed by atoms with van der Waals surface area (Å²) in [4.78, 5) is 0. The van der Waals surface area contributed by atoms with Crippen LogP contribution in [0.2, 0.25) is 0 Å². The van der Waals surface area contributed by atoms with Crippen molar-refractivity contribution in [1.82, 2.24) is 0 Å². The molecular formula is C28H24. The first kappa shape index (κ1) is 16.1. The van der Waals surface area contributed by atoms with Crippen LogP contribution in [0.25, 0.3) is 33.0 Å². The summed E-state index contributed by atoms with van der Waals surface area (Å²) < 4.78 is 0. The molecule has 28 heavy (non-hydrogen) atoms. The van der Waals surface area contributed by atoms with Crippen LogP contribution in [-0.4, -0.2) is 0 Å². The Morgan fingerprint density at radius 2 is 1.43 bits per heavy atom. The molecule has 0 heterocycles. The minimum atomic E-state index is 0.567. The Kier molecular flexibility index (Phi) is 3.21. The van der Waals surface area contributed by atoms with Gasteiger partial charge in [-0.3, -0.25) is 0 Å². The van der Waals surface area contributed by atoms with E-state index < -0.39 is 0 Å². The monoisotopic (exact) mass is 360 g/mol. The maximum absolute atomic E-state index is 2.49. The first-order valence-electron chi connectivity index (χ1n) is 10.4. The van der Waals surface area contributed by atoms with E-state index in [1.54, 1.807) is 11.1 Å². The smallest absolute Gasteiger partial charge is 0.000728 e. The van der Waals surface area contributed by atoms with Crippen LogP contribution in [0, 0.1) is 6.92 Å². The lowest BCUT2D eigenvalue weighted by molar-refractivity contribution is 0.842. The molecule has 0 fully saturated rings. The van der Waals surface area contributed by atoms with E-state index in [1.165, 1.54) is 55.3 Å². The van der Waals surface area contributed by atoms with E-state index >= 15 is 0 Å². The first-order valence-corrected chi connectivity index (χ1v) is 10.4. The molecule has 4 aromatic rings. The zero-order chi connectivity index (χ0) is 19.0. The summed E-state index contributed by atoms with van der Waals surface area (Å²) >= 11 is 0. The molecule has 0 unspecified atom stereocenters. The van der Waals surface area contributed by atoms with Crippen molar-refractivity contribution < 1.29 is 0 Å². The van der Waals surface area contributed by atoms with Gasteiger partial charge in [0.25, 0.3) is 0 Å². The molecule has 2 aliphatic rings. The standard InChI is InChI=1S/C28H24/c1-16(2)28-17(3)8-10-23-25-15-24-19(12-20(25)14-27(23)28)9-11-22-21-7-5-4-6-18(21)13-26(22)24/h4-12,15-16H,13-14H2,1-3H3. The zero-order valence-electron chi connectivity index (χ0n) is 16.8. The van der Waals surface area contributed by atoms with Gasteiger partial charge in [0.05, 0.1) is 0 Å². The molecule has 0 bridgehead atoms. The van der Waals surface area contributed by atoms with Gasteiger partial charge in [-0.05, 0) is 98.2 Å². The Balaban J connectivity index is 1.61. The van der Waals surface area contributed by atoms with Crippen LogP contribution in [0.4, 0.5) is 0 Å². The summed E-state index contributed by atoms with van der Waals surface area (Å²) in [5.41, 5.74) is 14.7. The van der Waals surface area contributed by atoms with Crippen LogP contribution in [0.3, 0.4) is 0 Å². The van der Waals surface area contributed by atoms with Crippen molar-refractivity contribution in [3.05, 3.63) is 94.0 Å². The van der Waals surface area contributed by atoms with Gasteiger partial charge in [-0.15, -0.1) is 0 Å². The summed E-state index contributed by atoms with van der Waals surface area (Å²) in [5, 5.41) is 2.83. The summed E-state index contributed by atoms with van der Waals surface area (Å²) in [6.07, 6.45) is 2.13. The SMILES string of the molecule is Cc1ccc2c(c1C(C)C)Cc1cc3ccc4c(c3cc1-2)Cc1ccccc1-4. The third-order valence-electron chi connectivity index (χ3n) is 6.84. The predicted octanol–water partition coefficient (Wildman–Crippen LogP) is 7.41. The highest BCUT2D eigenvalue weighted by Gasteiger charge is 2.26. The van der Waals surface area contributed by atoms with Gasteiger partial charge in [0.1, 0.15) is 0 Å². The first-order chi connectivity index (χ1) is 13.6. The molecule has 0 N–H and O–H groups in total. The number of rotatable bonds is 1. The quantitative estimate of drug-likeness (QED) is 0.286. The number of hydrogen-bond donors (Lipinski definition) is 0. The molecule has 0 aromatic heterocycles. The molecule has 0 atom stereocenters. The number of benzene rings is 4. The van der Waals surface area contributed by atoms with Crippen LogP contribution in [0.15, 0.2) is 60.7 Å². The van der Waals surface area contributed by atoms with Crippen molar-refractivity contribution in [3.8, 4) is 22.3 Å². The van der Waals surface area contributed by atoms with Gasteiger partial charge in [-0.1, -0.05) is 68.4 Å². The lowest BCUT2D eigenvalue weighted by atomic mass is 9.89. The topological polar surface area (TPSA) is 0 Å². The summed E-state index contributed by atoms with van der Waals surface area (Å²) in [6.45, 7) is 6.91. The highest BCUT2D eigenvalue weighted by Crippen LogP contribution is 2.46. The second-order valence-electron chi connectivity index (χ2n) is 8.81. The number of aryl methyl sites for hydroxylation is 1. The molecule has 0 heteroatoms. The molecular weight excluding hydrogens is 336 g/mol. The minimum absolute atomic E-state index is 0.567. The lowest BCUT2D eigenvalue weighted by Gasteiger charge is -2.15. The van der Waals surface area contributed by atoms with Gasteiger partial charge in [-0.2, -0.15) is 0 Å². The second kappa shape index (κ2) is 5.58. The summed E-state index contributed by atoms with van der Waals surface area (Å²) in [7, 11) is 0. The highest BCUT2D eigenvalue weighted by atomic mass is 14.3. The van der Waals surface area contributed by atoms with Gasteiger partial charge in [0, 0.05) is 0 Å². The fourth-order valence-electron chi connectivity index (χ4n) is 5.67. The van der Waals surface area contributed by atoms with Crippen LogP contribution in [-0.2, 0) is 12.8 Å². The molecule has 136 valence electrons. The van der Waals surface area contributed by atoms with Crippen molar-refractivity contribution in [2.24, 2.45) is 0 Å². The second-order valence-corrected chi connectivity index (χ2v) is 8.81. The average Bonchev–Trinajstić information content (AvgIpc) is 3.23. The lowest BCUT2D eigenvalue weighted by Crippen LogP contribution is -1.98. The molecule has 0 radical (unpaired) electrons. The molecule has 4 aromatic carbocycles. The van der Waals surface area contributed by atoms with E-state index in [1.807, 2.05) is 0 Å². The maximum atomic E-state index is 2.49. The minimum Gasteiger partial charge on any atom is -0.0619 e. The Morgan fingerprint density at radius 1 is 0.679 bits per heavy atom. The normalized spacial score (nSPS) is 13.6. The van der Waals surface area contributed by atoms with Crippen molar-refractivity contribution in [2.45, 2.75) is 39.5 Å². The molecule has 0 nitrogen and oxygen atoms in total. The third-order valence-corrected chi connectivity index (χ3v) is 6.84. The largest absolute Gasteiger partial charge is 0.0619 e. The van der Waals surface area contributed by atoms with E-state index in [0.29, 0.717) is 5.92 Å². The molecule has 6 rings (SSSR count). The van der Waals surface area contributed by atoms with Crippen molar-refractivity contribution in [2.75, 3.05) is 0 Å². The predicted molar refractivity (Wildman–Crippen MR) is 119 cm³/mol. The van der Waals surface area contributed by atoms with Crippen LogP contribution in [0.1, 0.15) is 53.1 Å². The van der Waals surface area contributed by atoms with E-state index in [0.717, 1.165) is 12.8 Å². The summed E-state index contributed by atoms with van der Waals surface area (Å²) in [5.74, 6) is 0.567. The highest BCUT2D eigenvalue weighted by molar-refractivity contribution is 5.99. The van der Waals surface area contributed by atoms with E-state index in [-0.39, 0.29) is 0 Å². The maximum Gasteiger partial charge on any atom is -0.000728 e. The van der Waals surface area contributed by atoms with Crippen LogP contribution < -0.4 is 0 Å². The Morgan fingerprint density at radius 3 is 2.29 bits per heavy atom. The Bertz CT molecular complexity index is 1290. The van der Waals surface area contributed by atoms with Gasteiger partial charge in [0.2, 0.25) is 0 Å². The molecule has 0 aliphatic heterocycles. The van der Waals surface area contributed by atoms with Crippen molar-refractivity contribution in [1.29, 1.82) is 0 Å². The van der Waals surface area contributed by atoms with E-state index in [9.17, 15) is 0 Å². The Hall–Kier alpha value is -2.86. The Labute approximate surface area is 166 Å². The fraction of sp³-hybridized carbons (Fsp3) is 0.214. The third kappa shape index (κ3) is 2.06. The number of fused-ring (bicyclic) bond motifs is 8. The van der Waals surface area contributed by atoms with Crippen LogP contribution >= 0.6 is 0 Å². The van der Waals surface area contributed by atoms with E-state index in [2.05, 4.69) is 81.4 Å². The molecule has 0 saturated carbocycles. The van der Waals surface area contributed by atoms with Gasteiger partial charge >= 0.3 is 0 Å². The van der Waals surface area contributed by atoms with Crippen molar-refractivity contribution >= 4 is 10.8 Å². The van der Waals surface area contributed by atoms with Gasteiger partial charge < -0.3 is 0 Å². The number of hydrogen-bond acceptors (Lipinski definition) is 0. The van der Waals surface area contributed by atoms with Crippen LogP contribution in [0.5, 0.6) is 0 Å². The van der Waals surface area contributed by atoms with E-state index in [4.69, 9.17) is 0 Å². The average molecular weight is 361 g/mol. The molecule has 2 aliphatic carbocycles. The summed E-state index contributed by atoms with van der Waals surface area (Å²) in [6, 6.07) is 23.1. The zero-order valence-corrected chi connectivity index (χ0v) is 16.8. The molecule has 0 spiro atoms. The fourth-order valence-corrected chi connectivity index (χ4v) is 5.67. The van der Waals surface area contributed by atoms with Gasteiger partial charge in [0.15, 0.2) is 0 Å². The van der Waals surface area contributed by atoms with Gasteiger partial charge in [-0.25, -0.2) is 0 Å².